The minimum Gasteiger partial charge on any atom is -0.466 e. The van der Waals surface area contributed by atoms with E-state index in [1.54, 1.807) is 31.2 Å². The number of halogens is 2. The number of thiazole rings is 1. The average Bonchev–Trinajstić information content (AvgIpc) is 3.14. The summed E-state index contributed by atoms with van der Waals surface area (Å²) in [6, 6.07) is 14.6. The molecule has 0 bridgehead atoms. The van der Waals surface area contributed by atoms with Gasteiger partial charge in [-0.3, -0.25) is 9.36 Å². The second kappa shape index (κ2) is 10.3. The highest BCUT2D eigenvalue weighted by Gasteiger charge is 2.39. The van der Waals surface area contributed by atoms with Crippen LogP contribution in [0.1, 0.15) is 24.0 Å². The van der Waals surface area contributed by atoms with Crippen molar-refractivity contribution in [1.82, 2.24) is 4.57 Å². The number of rotatable bonds is 5. The number of aromatic nitrogens is 1. The Hall–Kier alpha value is -2.95. The predicted molar refractivity (Wildman–Crippen MR) is 142 cm³/mol. The molecule has 7 nitrogen and oxygen atoms in total. The number of nitrogens with zero attached hydrogens (tertiary/aromatic N) is 1. The molecule has 0 radical (unpaired) electrons. The number of benzene rings is 2. The van der Waals surface area contributed by atoms with Gasteiger partial charge >= 0.3 is 11.9 Å². The van der Waals surface area contributed by atoms with Crippen molar-refractivity contribution in [3.63, 3.8) is 0 Å². The highest BCUT2D eigenvalue weighted by molar-refractivity contribution is 9.10. The van der Waals surface area contributed by atoms with Gasteiger partial charge in [-0.05, 0) is 48.4 Å². The highest BCUT2D eigenvalue weighted by atomic mass is 79.9. The molecule has 180 valence electrons. The van der Waals surface area contributed by atoms with Gasteiger partial charge in [0.25, 0.3) is 5.56 Å². The first-order valence-electron chi connectivity index (χ1n) is 10.5. The van der Waals surface area contributed by atoms with E-state index in [2.05, 4.69) is 31.9 Å². The molecule has 0 spiro atoms. The van der Waals surface area contributed by atoms with Crippen LogP contribution in [0, 0.1) is 0 Å². The van der Waals surface area contributed by atoms with Gasteiger partial charge in [-0.25, -0.2) is 9.59 Å². The van der Waals surface area contributed by atoms with Crippen molar-refractivity contribution < 1.29 is 19.1 Å². The number of nitrogens with two attached hydrogens (primary N) is 1. The summed E-state index contributed by atoms with van der Waals surface area (Å²) < 4.78 is 13.8. The Bertz CT molecular complexity index is 1550. The van der Waals surface area contributed by atoms with Gasteiger partial charge < -0.3 is 15.2 Å². The zero-order valence-electron chi connectivity index (χ0n) is 18.7. The van der Waals surface area contributed by atoms with Crippen LogP contribution in [-0.4, -0.2) is 30.2 Å². The summed E-state index contributed by atoms with van der Waals surface area (Å²) in [4.78, 5) is 39.8. The maximum absolute atomic E-state index is 13.5. The minimum atomic E-state index is -0.893. The van der Waals surface area contributed by atoms with E-state index in [0.717, 1.165) is 25.8 Å². The lowest BCUT2D eigenvalue weighted by atomic mass is 9.83. The first-order chi connectivity index (χ1) is 16.8. The number of carbonyl (C=O) groups is 2. The molecule has 0 amide bonds. The molecule has 4 rings (SSSR count). The van der Waals surface area contributed by atoms with E-state index in [1.807, 2.05) is 30.3 Å². The molecule has 0 saturated carbocycles. The summed E-state index contributed by atoms with van der Waals surface area (Å²) in [6.07, 6.45) is 1.71. The molecule has 2 aromatic carbocycles. The molecule has 0 fully saturated rings. The molecule has 0 unspecified atom stereocenters. The van der Waals surface area contributed by atoms with Crippen molar-refractivity contribution in [2.24, 2.45) is 5.73 Å². The van der Waals surface area contributed by atoms with Crippen LogP contribution in [0.3, 0.4) is 0 Å². The molecule has 1 aromatic heterocycles. The first kappa shape index (κ1) is 25.2. The van der Waals surface area contributed by atoms with Gasteiger partial charge in [0, 0.05) is 8.95 Å². The molecule has 1 aliphatic heterocycles. The van der Waals surface area contributed by atoms with E-state index < -0.39 is 23.4 Å². The molecular formula is C25H20Br2N2O5S. The van der Waals surface area contributed by atoms with Crippen LogP contribution in [0.15, 0.2) is 67.8 Å². The third kappa shape index (κ3) is 4.78. The van der Waals surface area contributed by atoms with Crippen LogP contribution in [0.4, 0.5) is 0 Å². The zero-order valence-corrected chi connectivity index (χ0v) is 22.7. The fourth-order valence-electron chi connectivity index (χ4n) is 3.93. The Morgan fingerprint density at radius 3 is 2.40 bits per heavy atom. The maximum Gasteiger partial charge on any atom is 0.338 e. The van der Waals surface area contributed by atoms with Crippen molar-refractivity contribution >= 4 is 72.6 Å². The number of carbonyl (C=O) groups excluding carboxylic acids is 2. The Morgan fingerprint density at radius 1 is 1.09 bits per heavy atom. The van der Waals surface area contributed by atoms with Crippen LogP contribution in [0.5, 0.6) is 0 Å². The Kier molecular flexibility index (Phi) is 7.44. The molecule has 1 atom stereocenters. The molecule has 2 heterocycles. The monoisotopic (exact) mass is 618 g/mol. The van der Waals surface area contributed by atoms with E-state index in [9.17, 15) is 14.4 Å². The molecular weight excluding hydrogens is 600 g/mol. The van der Waals surface area contributed by atoms with Crippen LogP contribution in [0.25, 0.3) is 17.5 Å². The highest BCUT2D eigenvalue weighted by Crippen LogP contribution is 2.38. The van der Waals surface area contributed by atoms with Crippen LogP contribution >= 0.6 is 43.2 Å². The van der Waals surface area contributed by atoms with Crippen molar-refractivity contribution in [1.29, 1.82) is 0 Å². The molecule has 0 saturated heterocycles. The van der Waals surface area contributed by atoms with Crippen molar-refractivity contribution in [3.8, 4) is 0 Å². The van der Waals surface area contributed by atoms with Gasteiger partial charge in [0.15, 0.2) is 0 Å². The van der Waals surface area contributed by atoms with Gasteiger partial charge in [0.1, 0.15) is 10.5 Å². The summed E-state index contributed by atoms with van der Waals surface area (Å²) in [5.41, 5.74) is 7.58. The number of hydrogen-bond donors (Lipinski definition) is 1. The van der Waals surface area contributed by atoms with Crippen molar-refractivity contribution in [2.75, 3.05) is 13.7 Å². The second-order valence-corrected chi connectivity index (χ2v) is 10.4. The first-order valence-corrected chi connectivity index (χ1v) is 12.9. The molecule has 10 heteroatoms. The Balaban J connectivity index is 2.13. The quantitative estimate of drug-likeness (QED) is 0.441. The fraction of sp³-hybridized carbons (Fsp3) is 0.160. The lowest BCUT2D eigenvalue weighted by molar-refractivity contribution is -0.138. The van der Waals surface area contributed by atoms with E-state index in [1.165, 1.54) is 11.7 Å². The number of esters is 2. The Morgan fingerprint density at radius 2 is 1.77 bits per heavy atom. The van der Waals surface area contributed by atoms with Gasteiger partial charge in [0.2, 0.25) is 0 Å². The normalized spacial score (nSPS) is 15.7. The van der Waals surface area contributed by atoms with E-state index in [0.29, 0.717) is 14.8 Å². The largest absolute Gasteiger partial charge is 0.466 e. The molecule has 35 heavy (non-hydrogen) atoms. The summed E-state index contributed by atoms with van der Waals surface area (Å²) in [5, 5.41) is 0. The van der Waals surface area contributed by atoms with Crippen molar-refractivity contribution in [3.05, 3.63) is 93.7 Å². The summed E-state index contributed by atoms with van der Waals surface area (Å²) in [7, 11) is 1.25. The molecule has 1 aliphatic rings. The summed E-state index contributed by atoms with van der Waals surface area (Å²) in [5.74, 6) is -2.35. The molecule has 2 N–H and O–H groups in total. The van der Waals surface area contributed by atoms with Crippen LogP contribution < -0.4 is 20.5 Å². The second-order valence-electron chi connectivity index (χ2n) is 7.52. The lowest BCUT2D eigenvalue weighted by Crippen LogP contribution is -2.41. The predicted octanol–water partition coefficient (Wildman–Crippen LogP) is 3.08. The SMILES string of the molecule is CCOC(=O)C1=C(N)n2c(s/c(=C/c3cccc(Br)c3)c2=O)=C(C(=O)OC)[C@H]1c1cccc(Br)c1. The van der Waals surface area contributed by atoms with Gasteiger partial charge in [-0.15, -0.1) is 11.3 Å². The lowest BCUT2D eigenvalue weighted by Gasteiger charge is -2.26. The third-order valence-electron chi connectivity index (χ3n) is 5.38. The molecule has 0 aliphatic carbocycles. The maximum atomic E-state index is 13.5. The van der Waals surface area contributed by atoms with Crippen LogP contribution in [0.2, 0.25) is 0 Å². The van der Waals surface area contributed by atoms with Gasteiger partial charge in [-0.2, -0.15) is 0 Å². The topological polar surface area (TPSA) is 101 Å². The number of fused-ring (bicyclic) bond motifs is 1. The van der Waals surface area contributed by atoms with Gasteiger partial charge in [0.05, 0.1) is 35.3 Å². The fourth-order valence-corrected chi connectivity index (χ4v) is 5.93. The number of hydrogen-bond acceptors (Lipinski definition) is 7. The van der Waals surface area contributed by atoms with E-state index in [4.69, 9.17) is 15.2 Å². The summed E-state index contributed by atoms with van der Waals surface area (Å²) in [6.45, 7) is 1.77. The minimum absolute atomic E-state index is 0.00626. The zero-order chi connectivity index (χ0) is 25.3. The number of methoxy groups -OCH3 is 1. The summed E-state index contributed by atoms with van der Waals surface area (Å²) >= 11 is 7.99. The van der Waals surface area contributed by atoms with Crippen LogP contribution in [-0.2, 0) is 19.1 Å². The van der Waals surface area contributed by atoms with Gasteiger partial charge in [-0.1, -0.05) is 56.1 Å². The molecule has 3 aromatic rings. The van der Waals surface area contributed by atoms with Crippen molar-refractivity contribution in [2.45, 2.75) is 12.8 Å². The number of ether oxygens (including phenoxy) is 2. The smallest absolute Gasteiger partial charge is 0.338 e. The van der Waals surface area contributed by atoms with E-state index in [-0.39, 0.29) is 23.6 Å². The van der Waals surface area contributed by atoms with E-state index >= 15 is 0 Å². The Labute approximate surface area is 221 Å². The third-order valence-corrected chi connectivity index (χ3v) is 7.47. The standard InChI is InChI=1S/C25H20Br2N2O5S/c1-3-34-25(32)19-18(14-7-5-9-16(27)12-14)20(24(31)33-2)23-29(21(19)28)22(30)17(35-23)11-13-6-4-8-15(26)10-13/h4-12,18H,3,28H2,1-2H3/b17-11+/t18-/m0/s1. The average molecular weight is 620 g/mol.